The number of nitrogens with zero attached hydrogens (tertiary/aromatic N) is 1. The molecule has 0 fully saturated rings. The monoisotopic (exact) mass is 491 g/mol. The number of ether oxygens (including phenoxy) is 1. The number of aromatic amines is 4. The number of aryl methyl sites for hydroxylation is 2. The van der Waals surface area contributed by atoms with Crippen LogP contribution in [0.15, 0.2) is 82.4 Å². The molecule has 5 aromatic rings. The summed E-state index contributed by atoms with van der Waals surface area (Å²) in [5.74, 6) is -0.396. The van der Waals surface area contributed by atoms with E-state index < -0.39 is 5.92 Å². The van der Waals surface area contributed by atoms with Crippen molar-refractivity contribution in [1.82, 2.24) is 20.4 Å². The van der Waals surface area contributed by atoms with E-state index in [4.69, 9.17) is 10.00 Å². The second-order valence-corrected chi connectivity index (χ2v) is 8.89. The Morgan fingerprint density at radius 2 is 1.22 bits per heavy atom. The quantitative estimate of drug-likeness (QED) is 0.262. The summed E-state index contributed by atoms with van der Waals surface area (Å²) in [7, 11) is 0. The van der Waals surface area contributed by atoms with Crippen LogP contribution in [-0.2, 0) is 0 Å². The van der Waals surface area contributed by atoms with E-state index in [9.17, 15) is 9.59 Å². The topological polar surface area (TPSA) is 130 Å². The van der Waals surface area contributed by atoms with Crippen LogP contribution in [0.3, 0.4) is 0 Å². The van der Waals surface area contributed by atoms with Crippen LogP contribution in [0.4, 0.5) is 0 Å². The van der Waals surface area contributed by atoms with Crippen LogP contribution in [-0.4, -0.2) is 27.0 Å². The van der Waals surface area contributed by atoms with Crippen LogP contribution in [0.5, 0.6) is 5.75 Å². The fourth-order valence-electron chi connectivity index (χ4n) is 4.60. The predicted octanol–water partition coefficient (Wildman–Crippen LogP) is 4.75. The first-order chi connectivity index (χ1) is 18.0. The molecular weight excluding hydrogens is 466 g/mol. The average Bonchev–Trinajstić information content (AvgIpc) is 3.48. The lowest BCUT2D eigenvalue weighted by Crippen LogP contribution is -2.21. The first kappa shape index (κ1) is 23.7. The van der Waals surface area contributed by atoms with Crippen LogP contribution in [0.2, 0.25) is 0 Å². The Labute approximate surface area is 212 Å². The minimum Gasteiger partial charge on any atom is -0.478 e. The molecule has 0 aliphatic rings. The summed E-state index contributed by atoms with van der Waals surface area (Å²) < 4.78 is 5.76. The zero-order valence-corrected chi connectivity index (χ0v) is 20.4. The van der Waals surface area contributed by atoms with Gasteiger partial charge in [0.25, 0.3) is 11.1 Å². The molecule has 3 aromatic carbocycles. The summed E-state index contributed by atoms with van der Waals surface area (Å²) in [4.78, 5) is 26.8. The number of nitriles is 1. The number of hydrogen-bond acceptors (Lipinski definition) is 4. The van der Waals surface area contributed by atoms with Gasteiger partial charge in [-0.05, 0) is 31.0 Å². The maximum atomic E-state index is 13.4. The summed E-state index contributed by atoms with van der Waals surface area (Å²) in [6.07, 6.45) is 0. The summed E-state index contributed by atoms with van der Waals surface area (Å²) in [5, 5.41) is 20.6. The number of hydrogen-bond donors (Lipinski definition) is 4. The molecule has 37 heavy (non-hydrogen) atoms. The molecule has 0 aliphatic heterocycles. The molecule has 0 spiro atoms. The third-order valence-corrected chi connectivity index (χ3v) is 6.41. The first-order valence-electron chi connectivity index (χ1n) is 11.8. The van der Waals surface area contributed by atoms with Gasteiger partial charge in [-0.3, -0.25) is 30.0 Å². The molecule has 2 aromatic heterocycles. The van der Waals surface area contributed by atoms with Crippen molar-refractivity contribution < 1.29 is 4.74 Å². The van der Waals surface area contributed by atoms with Crippen molar-refractivity contribution in [1.29, 1.82) is 5.26 Å². The van der Waals surface area contributed by atoms with Crippen LogP contribution < -0.4 is 15.9 Å². The Hall–Kier alpha value is -5.03. The Morgan fingerprint density at radius 3 is 1.70 bits per heavy atom. The van der Waals surface area contributed by atoms with Gasteiger partial charge >= 0.3 is 0 Å². The molecule has 0 amide bonds. The molecule has 8 heteroatoms. The predicted molar refractivity (Wildman–Crippen MR) is 142 cm³/mol. The third-order valence-electron chi connectivity index (χ3n) is 6.41. The van der Waals surface area contributed by atoms with Crippen molar-refractivity contribution in [2.75, 3.05) is 6.61 Å². The van der Waals surface area contributed by atoms with E-state index in [-0.39, 0.29) is 17.7 Å². The van der Waals surface area contributed by atoms with Gasteiger partial charge in [0, 0.05) is 5.56 Å². The molecule has 0 unspecified atom stereocenters. The minimum atomic E-state index is -0.813. The number of benzene rings is 3. The van der Waals surface area contributed by atoms with Gasteiger partial charge in [-0.1, -0.05) is 77.9 Å². The highest BCUT2D eigenvalue weighted by Gasteiger charge is 2.33. The van der Waals surface area contributed by atoms with E-state index in [0.717, 1.165) is 22.3 Å². The van der Waals surface area contributed by atoms with Gasteiger partial charge in [0.1, 0.15) is 11.8 Å². The normalized spacial score (nSPS) is 11.0. The molecule has 0 saturated carbocycles. The maximum absolute atomic E-state index is 13.4. The molecule has 184 valence electrons. The SMILES string of the molecule is Cc1ccc(-c2[nH][nH]c(=O)c2C(c2ccccc2OCC#N)c2c(-c3ccc(C)cc3)[nH][nH]c2=O)cc1. The highest BCUT2D eigenvalue weighted by Crippen LogP contribution is 2.41. The molecule has 0 radical (unpaired) electrons. The van der Waals surface area contributed by atoms with Crippen LogP contribution in [0.25, 0.3) is 22.5 Å². The van der Waals surface area contributed by atoms with Gasteiger partial charge in [-0.15, -0.1) is 0 Å². The van der Waals surface area contributed by atoms with Crippen molar-refractivity contribution in [3.63, 3.8) is 0 Å². The number of H-pyrrole nitrogens is 4. The number of aromatic nitrogens is 4. The van der Waals surface area contributed by atoms with Crippen LogP contribution in [0, 0.1) is 25.2 Å². The van der Waals surface area contributed by atoms with E-state index in [1.165, 1.54) is 0 Å². The van der Waals surface area contributed by atoms with E-state index in [2.05, 4.69) is 20.4 Å². The lowest BCUT2D eigenvalue weighted by Gasteiger charge is -2.20. The fourth-order valence-corrected chi connectivity index (χ4v) is 4.60. The Morgan fingerprint density at radius 1 is 0.730 bits per heavy atom. The summed E-state index contributed by atoms with van der Waals surface area (Å²) in [6.45, 7) is 3.80. The zero-order valence-electron chi connectivity index (χ0n) is 20.4. The lowest BCUT2D eigenvalue weighted by atomic mass is 9.82. The highest BCUT2D eigenvalue weighted by molar-refractivity contribution is 5.71. The van der Waals surface area contributed by atoms with Gasteiger partial charge in [0.2, 0.25) is 0 Å². The van der Waals surface area contributed by atoms with E-state index in [0.29, 0.717) is 33.8 Å². The molecule has 4 N–H and O–H groups in total. The van der Waals surface area contributed by atoms with Gasteiger partial charge in [-0.25, -0.2) is 0 Å². The molecule has 8 nitrogen and oxygen atoms in total. The second kappa shape index (κ2) is 9.91. The van der Waals surface area contributed by atoms with E-state index >= 15 is 0 Å². The highest BCUT2D eigenvalue weighted by atomic mass is 16.5. The number of nitrogens with one attached hydrogen (secondary N) is 4. The van der Waals surface area contributed by atoms with Crippen molar-refractivity contribution in [2.45, 2.75) is 19.8 Å². The molecule has 0 atom stereocenters. The van der Waals surface area contributed by atoms with Crippen LogP contribution in [0.1, 0.15) is 33.7 Å². The van der Waals surface area contributed by atoms with Gasteiger partial charge in [0.05, 0.1) is 28.4 Å². The van der Waals surface area contributed by atoms with E-state index in [1.807, 2.05) is 80.6 Å². The molecule has 5 rings (SSSR count). The zero-order chi connectivity index (χ0) is 25.9. The van der Waals surface area contributed by atoms with Crippen molar-refractivity contribution >= 4 is 0 Å². The first-order valence-corrected chi connectivity index (χ1v) is 11.8. The van der Waals surface area contributed by atoms with Crippen molar-refractivity contribution in [2.24, 2.45) is 0 Å². The molecular formula is C29H25N5O3. The summed E-state index contributed by atoms with van der Waals surface area (Å²) in [6, 6.07) is 24.7. The molecule has 0 aliphatic carbocycles. The third kappa shape index (κ3) is 4.50. The van der Waals surface area contributed by atoms with Crippen LogP contribution >= 0.6 is 0 Å². The van der Waals surface area contributed by atoms with E-state index in [1.54, 1.807) is 12.1 Å². The number of para-hydroxylation sites is 1. The van der Waals surface area contributed by atoms with Crippen molar-refractivity contribution in [3.8, 4) is 34.3 Å². The minimum absolute atomic E-state index is 0.174. The lowest BCUT2D eigenvalue weighted by molar-refractivity contribution is 0.363. The van der Waals surface area contributed by atoms with Gasteiger partial charge in [0.15, 0.2) is 6.61 Å². The average molecular weight is 492 g/mol. The largest absolute Gasteiger partial charge is 0.478 e. The van der Waals surface area contributed by atoms with Gasteiger partial charge in [-0.2, -0.15) is 5.26 Å². The Balaban J connectivity index is 1.82. The standard InChI is InChI=1S/C29H25N5O3/c1-17-7-11-19(12-8-17)26-24(28(35)33-31-26)23(21-5-3-4-6-22(21)37-16-15-30)25-27(32-34-29(25)36)20-13-9-18(2)10-14-20/h3-14,23H,16H2,1-2H3,(H2,31,33,35)(H2,32,34,36). The smallest absolute Gasteiger partial charge is 0.268 e. The van der Waals surface area contributed by atoms with Crippen molar-refractivity contribution in [3.05, 3.63) is 121 Å². The summed E-state index contributed by atoms with van der Waals surface area (Å²) in [5.41, 5.74) is 5.52. The summed E-state index contributed by atoms with van der Waals surface area (Å²) >= 11 is 0. The van der Waals surface area contributed by atoms with Gasteiger partial charge < -0.3 is 4.74 Å². The maximum Gasteiger partial charge on any atom is 0.268 e. The number of rotatable bonds is 7. The Bertz CT molecular complexity index is 1600. The molecule has 0 saturated heterocycles. The Kier molecular flexibility index (Phi) is 6.35. The molecule has 0 bridgehead atoms. The fraction of sp³-hybridized carbons (Fsp3) is 0.138. The second-order valence-electron chi connectivity index (χ2n) is 8.89. The molecule has 2 heterocycles.